The molecule has 0 heterocycles. The van der Waals surface area contributed by atoms with E-state index in [9.17, 15) is 13.2 Å². The van der Waals surface area contributed by atoms with E-state index in [1.807, 2.05) is 30.3 Å². The van der Waals surface area contributed by atoms with Crippen LogP contribution in [0.1, 0.15) is 35.3 Å². The van der Waals surface area contributed by atoms with Crippen LogP contribution in [0.25, 0.3) is 0 Å². The van der Waals surface area contributed by atoms with Crippen LogP contribution in [0.5, 0.6) is 0 Å². The third kappa shape index (κ3) is 4.43. The minimum Gasteiger partial charge on any atom is -0.350 e. The van der Waals surface area contributed by atoms with Crippen LogP contribution in [0.2, 0.25) is 0 Å². The molecule has 0 aliphatic carbocycles. The van der Waals surface area contributed by atoms with Gasteiger partial charge in [0.2, 0.25) is 0 Å². The first-order valence-electron chi connectivity index (χ1n) is 7.86. The van der Waals surface area contributed by atoms with Crippen molar-refractivity contribution in [2.24, 2.45) is 5.73 Å². The number of hydrogen-bond donors (Lipinski definition) is 2. The maximum atomic E-state index is 12.4. The normalized spacial score (nSPS) is 12.6. The van der Waals surface area contributed by atoms with Gasteiger partial charge in [-0.3, -0.25) is 4.79 Å². The minimum absolute atomic E-state index is 0.0147. The van der Waals surface area contributed by atoms with E-state index in [-0.39, 0.29) is 28.8 Å². The molecule has 0 saturated carbocycles. The number of benzene rings is 2. The second kappa shape index (κ2) is 8.08. The van der Waals surface area contributed by atoms with Crippen LogP contribution in [-0.2, 0) is 9.84 Å². The standard InChI is InChI=1S/C18H22N2O3S/c1-2-12-24(22,23)17-11-7-6-10-15(17)18(21)20-13-16(19)14-8-4-3-5-9-14/h3-11,16H,2,12-13,19H2,1H3,(H,20,21). The quantitative estimate of drug-likeness (QED) is 0.805. The van der Waals surface area contributed by atoms with Gasteiger partial charge in [-0.15, -0.1) is 0 Å². The van der Waals surface area contributed by atoms with Gasteiger partial charge in [-0.05, 0) is 24.1 Å². The Morgan fingerprint density at radius 3 is 2.38 bits per heavy atom. The van der Waals surface area contributed by atoms with Crippen LogP contribution in [0.3, 0.4) is 0 Å². The van der Waals surface area contributed by atoms with E-state index >= 15 is 0 Å². The third-order valence-corrected chi connectivity index (χ3v) is 5.62. The molecule has 2 aromatic rings. The van der Waals surface area contributed by atoms with Crippen LogP contribution < -0.4 is 11.1 Å². The van der Waals surface area contributed by atoms with E-state index in [1.165, 1.54) is 12.1 Å². The van der Waals surface area contributed by atoms with E-state index in [1.54, 1.807) is 19.1 Å². The molecule has 1 amide bonds. The van der Waals surface area contributed by atoms with Crippen LogP contribution in [0.4, 0.5) is 0 Å². The first-order chi connectivity index (χ1) is 11.5. The first kappa shape index (κ1) is 18.2. The molecule has 3 N–H and O–H groups in total. The Kier molecular flexibility index (Phi) is 6.11. The monoisotopic (exact) mass is 346 g/mol. The van der Waals surface area contributed by atoms with Gasteiger partial charge in [-0.25, -0.2) is 8.42 Å². The molecule has 0 aliphatic rings. The number of rotatable bonds is 7. The van der Waals surface area contributed by atoms with Gasteiger partial charge in [0.15, 0.2) is 9.84 Å². The largest absolute Gasteiger partial charge is 0.350 e. The predicted molar refractivity (Wildman–Crippen MR) is 94.5 cm³/mol. The molecular weight excluding hydrogens is 324 g/mol. The lowest BCUT2D eigenvalue weighted by molar-refractivity contribution is 0.0948. The zero-order valence-electron chi connectivity index (χ0n) is 13.6. The summed E-state index contributed by atoms with van der Waals surface area (Å²) in [6.07, 6.45) is 0.497. The number of nitrogens with two attached hydrogens (primary N) is 1. The van der Waals surface area contributed by atoms with Gasteiger partial charge in [0.1, 0.15) is 0 Å². The lowest BCUT2D eigenvalue weighted by Crippen LogP contribution is -2.32. The van der Waals surface area contributed by atoms with Gasteiger partial charge in [-0.2, -0.15) is 0 Å². The number of carbonyl (C=O) groups is 1. The molecule has 24 heavy (non-hydrogen) atoms. The summed E-state index contributed by atoms with van der Waals surface area (Å²) < 4.78 is 24.6. The number of amides is 1. The van der Waals surface area contributed by atoms with Gasteiger partial charge < -0.3 is 11.1 Å². The molecule has 6 heteroatoms. The maximum absolute atomic E-state index is 12.4. The molecule has 0 bridgehead atoms. The van der Waals surface area contributed by atoms with E-state index in [0.717, 1.165) is 5.56 Å². The summed E-state index contributed by atoms with van der Waals surface area (Å²) in [7, 11) is -3.47. The molecule has 2 aromatic carbocycles. The second-order valence-corrected chi connectivity index (χ2v) is 7.62. The Bertz CT molecular complexity index is 789. The molecule has 0 aromatic heterocycles. The molecule has 2 rings (SSSR count). The Balaban J connectivity index is 2.13. The molecular formula is C18H22N2O3S. The zero-order chi connectivity index (χ0) is 17.6. The first-order valence-corrected chi connectivity index (χ1v) is 9.51. The van der Waals surface area contributed by atoms with Crippen molar-refractivity contribution in [2.45, 2.75) is 24.3 Å². The van der Waals surface area contributed by atoms with Gasteiger partial charge in [0, 0.05) is 12.6 Å². The minimum atomic E-state index is -3.47. The van der Waals surface area contributed by atoms with E-state index in [4.69, 9.17) is 5.73 Å². The van der Waals surface area contributed by atoms with Crippen molar-refractivity contribution in [2.75, 3.05) is 12.3 Å². The highest BCUT2D eigenvalue weighted by molar-refractivity contribution is 7.91. The molecule has 0 spiro atoms. The molecule has 0 radical (unpaired) electrons. The van der Waals surface area contributed by atoms with Crippen LogP contribution in [0, 0.1) is 0 Å². The van der Waals surface area contributed by atoms with Crippen LogP contribution in [0.15, 0.2) is 59.5 Å². The number of sulfone groups is 1. The second-order valence-electron chi connectivity index (χ2n) is 5.54. The third-order valence-electron chi connectivity index (χ3n) is 3.65. The summed E-state index contributed by atoms with van der Waals surface area (Å²) in [6.45, 7) is 2.02. The Hall–Kier alpha value is -2.18. The molecule has 1 atom stereocenters. The van der Waals surface area contributed by atoms with Gasteiger partial charge in [0.05, 0.1) is 16.2 Å². The van der Waals surface area contributed by atoms with Crippen molar-refractivity contribution in [3.05, 3.63) is 65.7 Å². The number of carbonyl (C=O) groups excluding carboxylic acids is 1. The summed E-state index contributed by atoms with van der Waals surface area (Å²) in [6, 6.07) is 15.3. The fourth-order valence-corrected chi connectivity index (χ4v) is 3.96. The molecule has 0 aliphatic heterocycles. The SMILES string of the molecule is CCCS(=O)(=O)c1ccccc1C(=O)NCC(N)c1ccccc1. The lowest BCUT2D eigenvalue weighted by Gasteiger charge is -2.14. The topological polar surface area (TPSA) is 89.3 Å². The lowest BCUT2D eigenvalue weighted by atomic mass is 10.1. The summed E-state index contributed by atoms with van der Waals surface area (Å²) in [5, 5.41) is 2.72. The molecule has 5 nitrogen and oxygen atoms in total. The Morgan fingerprint density at radius 2 is 1.71 bits per heavy atom. The van der Waals surface area contributed by atoms with Crippen molar-refractivity contribution < 1.29 is 13.2 Å². The van der Waals surface area contributed by atoms with Gasteiger partial charge in [0.25, 0.3) is 5.91 Å². The van der Waals surface area contributed by atoms with Crippen molar-refractivity contribution in [3.8, 4) is 0 Å². The summed E-state index contributed by atoms with van der Waals surface area (Å²) >= 11 is 0. The summed E-state index contributed by atoms with van der Waals surface area (Å²) in [5.41, 5.74) is 7.13. The molecule has 128 valence electrons. The van der Waals surface area contributed by atoms with Crippen molar-refractivity contribution in [1.29, 1.82) is 0 Å². The van der Waals surface area contributed by atoms with Crippen molar-refractivity contribution in [3.63, 3.8) is 0 Å². The number of hydrogen-bond acceptors (Lipinski definition) is 4. The van der Waals surface area contributed by atoms with Crippen LogP contribution >= 0.6 is 0 Å². The fraction of sp³-hybridized carbons (Fsp3) is 0.278. The molecule has 0 fully saturated rings. The predicted octanol–water partition coefficient (Wildman–Crippen LogP) is 2.30. The van der Waals surface area contributed by atoms with E-state index in [2.05, 4.69) is 5.32 Å². The highest BCUT2D eigenvalue weighted by Crippen LogP contribution is 2.18. The highest BCUT2D eigenvalue weighted by atomic mass is 32.2. The van der Waals surface area contributed by atoms with Crippen LogP contribution in [-0.4, -0.2) is 26.6 Å². The maximum Gasteiger partial charge on any atom is 0.252 e. The highest BCUT2D eigenvalue weighted by Gasteiger charge is 2.21. The Labute approximate surface area is 142 Å². The summed E-state index contributed by atoms with van der Waals surface area (Å²) in [4.78, 5) is 12.5. The fourth-order valence-electron chi connectivity index (χ4n) is 2.42. The smallest absolute Gasteiger partial charge is 0.252 e. The van der Waals surface area contributed by atoms with Gasteiger partial charge >= 0.3 is 0 Å². The number of nitrogens with one attached hydrogen (secondary N) is 1. The van der Waals surface area contributed by atoms with E-state index < -0.39 is 15.7 Å². The molecule has 0 saturated heterocycles. The van der Waals surface area contributed by atoms with Crippen molar-refractivity contribution >= 4 is 15.7 Å². The zero-order valence-corrected chi connectivity index (χ0v) is 14.4. The van der Waals surface area contributed by atoms with Crippen molar-refractivity contribution in [1.82, 2.24) is 5.32 Å². The average Bonchev–Trinajstić information content (AvgIpc) is 2.60. The van der Waals surface area contributed by atoms with Gasteiger partial charge in [-0.1, -0.05) is 49.4 Å². The molecule has 1 unspecified atom stereocenters. The average molecular weight is 346 g/mol. The summed E-state index contributed by atoms with van der Waals surface area (Å²) in [5.74, 6) is -0.419. The van der Waals surface area contributed by atoms with E-state index in [0.29, 0.717) is 6.42 Å². The Morgan fingerprint density at radius 1 is 1.08 bits per heavy atom.